The molecule has 0 radical (unpaired) electrons. The largest absolute Gasteiger partial charge is 0.397 e. The number of fused-ring (bicyclic) bond motifs is 3. The summed E-state index contributed by atoms with van der Waals surface area (Å²) in [7, 11) is 0. The van der Waals surface area contributed by atoms with Gasteiger partial charge in [-0.1, -0.05) is 184 Å². The van der Waals surface area contributed by atoms with Crippen molar-refractivity contribution >= 4 is 49.4 Å². The molecule has 0 saturated carbocycles. The molecule has 0 atom stereocenters. The molecule has 0 aliphatic carbocycles. The Balaban J connectivity index is 0.000000919. The maximum absolute atomic E-state index is 6.54. The van der Waals surface area contributed by atoms with E-state index in [1.54, 1.807) is 6.08 Å². The molecule has 9 aromatic rings. The SMILES string of the molecule is C=CC.CC.Nc1ccccc1N(Cc1ccccc1)c1ccc(-c2c3ccccc3c(-c3ccc(-c4ccc5ccccc5c4)cc3)c3ccccc23)cc1. The van der Waals surface area contributed by atoms with Crippen LogP contribution in [-0.4, -0.2) is 0 Å². The van der Waals surface area contributed by atoms with Gasteiger partial charge >= 0.3 is 0 Å². The summed E-state index contributed by atoms with van der Waals surface area (Å²) in [5, 5.41) is 7.49. The molecule has 2 N–H and O–H groups in total. The van der Waals surface area contributed by atoms with E-state index in [2.05, 4.69) is 193 Å². The first kappa shape index (κ1) is 37.4. The van der Waals surface area contributed by atoms with Gasteiger partial charge in [0, 0.05) is 12.2 Å². The lowest BCUT2D eigenvalue weighted by Crippen LogP contribution is -2.17. The molecule has 274 valence electrons. The zero-order chi connectivity index (χ0) is 38.9. The van der Waals surface area contributed by atoms with E-state index in [-0.39, 0.29) is 0 Å². The van der Waals surface area contributed by atoms with Gasteiger partial charge in [0.1, 0.15) is 0 Å². The summed E-state index contributed by atoms with van der Waals surface area (Å²) in [6.07, 6.45) is 1.75. The standard InChI is InChI=1S/C49H36N2.C3H6.C2H6/c50-46-20-10-11-21-47(46)51(33-34-12-2-1-3-13-34)41-30-28-38(29-31-41)49-44-18-8-6-16-42(44)48(43-17-7-9-19-45(43)49)37-25-22-36(23-26-37)40-27-24-35-14-4-5-15-39(35)32-40;1-3-2;1-2/h1-32H,33,50H2;3H,1H2,2H3;1-2H3. The van der Waals surface area contributed by atoms with Gasteiger partial charge in [0.25, 0.3) is 0 Å². The molecule has 9 aromatic carbocycles. The van der Waals surface area contributed by atoms with E-state index < -0.39 is 0 Å². The Kier molecular flexibility index (Phi) is 11.7. The van der Waals surface area contributed by atoms with Gasteiger partial charge in [-0.25, -0.2) is 0 Å². The van der Waals surface area contributed by atoms with Crippen molar-refractivity contribution in [2.24, 2.45) is 0 Å². The summed E-state index contributed by atoms with van der Waals surface area (Å²) in [4.78, 5) is 2.30. The Labute approximate surface area is 331 Å². The lowest BCUT2D eigenvalue weighted by Gasteiger charge is -2.27. The van der Waals surface area contributed by atoms with Gasteiger partial charge in [0.2, 0.25) is 0 Å². The van der Waals surface area contributed by atoms with Crippen molar-refractivity contribution in [1.29, 1.82) is 0 Å². The number of nitrogen functional groups attached to an aromatic ring is 1. The van der Waals surface area contributed by atoms with Crippen LogP contribution in [0.15, 0.2) is 207 Å². The average molecular weight is 725 g/mol. The van der Waals surface area contributed by atoms with Crippen LogP contribution in [-0.2, 0) is 6.54 Å². The number of nitrogens with two attached hydrogens (primary N) is 1. The van der Waals surface area contributed by atoms with E-state index >= 15 is 0 Å². The monoisotopic (exact) mass is 724 g/mol. The van der Waals surface area contributed by atoms with Crippen molar-refractivity contribution in [3.8, 4) is 33.4 Å². The molecule has 0 fully saturated rings. The first-order valence-corrected chi connectivity index (χ1v) is 19.5. The van der Waals surface area contributed by atoms with Gasteiger partial charge in [0.15, 0.2) is 0 Å². The van der Waals surface area contributed by atoms with Crippen molar-refractivity contribution < 1.29 is 0 Å². The second-order valence-corrected chi connectivity index (χ2v) is 13.6. The third-order valence-electron chi connectivity index (χ3n) is 10.1. The van der Waals surface area contributed by atoms with Gasteiger partial charge < -0.3 is 10.6 Å². The van der Waals surface area contributed by atoms with Crippen molar-refractivity contribution in [3.05, 3.63) is 212 Å². The molecular weight excluding hydrogens is 677 g/mol. The van der Waals surface area contributed by atoms with Gasteiger partial charge in [0.05, 0.1) is 11.4 Å². The smallest absolute Gasteiger partial charge is 0.0647 e. The molecule has 0 spiro atoms. The van der Waals surface area contributed by atoms with Crippen LogP contribution in [0.25, 0.3) is 65.7 Å². The number of hydrogen-bond acceptors (Lipinski definition) is 2. The Morgan fingerprint density at radius 1 is 0.464 bits per heavy atom. The van der Waals surface area contributed by atoms with Crippen LogP contribution in [0, 0.1) is 0 Å². The summed E-state index contributed by atoms with van der Waals surface area (Å²) in [6, 6.07) is 69.7. The molecule has 0 bridgehead atoms. The van der Waals surface area contributed by atoms with Crippen LogP contribution < -0.4 is 10.6 Å². The lowest BCUT2D eigenvalue weighted by molar-refractivity contribution is 0.977. The highest BCUT2D eigenvalue weighted by atomic mass is 15.1. The van der Waals surface area contributed by atoms with E-state index in [0.29, 0.717) is 6.54 Å². The van der Waals surface area contributed by atoms with Crippen LogP contribution >= 0.6 is 0 Å². The minimum Gasteiger partial charge on any atom is -0.397 e. The van der Waals surface area contributed by atoms with Gasteiger partial charge in [-0.3, -0.25) is 0 Å². The molecule has 2 heteroatoms. The molecule has 2 nitrogen and oxygen atoms in total. The Morgan fingerprint density at radius 3 is 1.45 bits per heavy atom. The molecule has 0 aliphatic rings. The van der Waals surface area contributed by atoms with E-state index in [1.165, 1.54) is 71.3 Å². The van der Waals surface area contributed by atoms with Crippen LogP contribution in [0.5, 0.6) is 0 Å². The second-order valence-electron chi connectivity index (χ2n) is 13.6. The molecular formula is C54H48N2. The maximum atomic E-state index is 6.54. The minimum atomic E-state index is 0.717. The first-order chi connectivity index (χ1) is 27.6. The topological polar surface area (TPSA) is 29.3 Å². The fourth-order valence-electron chi connectivity index (χ4n) is 7.57. The maximum Gasteiger partial charge on any atom is 0.0647 e. The van der Waals surface area contributed by atoms with Crippen LogP contribution in [0.2, 0.25) is 0 Å². The summed E-state index contributed by atoms with van der Waals surface area (Å²) in [5.41, 5.74) is 18.0. The summed E-state index contributed by atoms with van der Waals surface area (Å²) in [6.45, 7) is 9.97. The predicted octanol–water partition coefficient (Wildman–Crippen LogP) is 15.3. The third-order valence-corrected chi connectivity index (χ3v) is 10.1. The fraction of sp³-hybridized carbons (Fsp3) is 0.0741. The fourth-order valence-corrected chi connectivity index (χ4v) is 7.57. The van der Waals surface area contributed by atoms with Crippen molar-refractivity contribution in [1.82, 2.24) is 0 Å². The van der Waals surface area contributed by atoms with Gasteiger partial charge in [-0.05, 0) is 109 Å². The Morgan fingerprint density at radius 2 is 0.893 bits per heavy atom. The normalized spacial score (nSPS) is 10.6. The quantitative estimate of drug-likeness (QED) is 0.101. The zero-order valence-electron chi connectivity index (χ0n) is 32.5. The third kappa shape index (κ3) is 7.69. The van der Waals surface area contributed by atoms with Gasteiger partial charge in [-0.15, -0.1) is 6.58 Å². The Bertz CT molecular complexity index is 2650. The van der Waals surface area contributed by atoms with Crippen LogP contribution in [0.1, 0.15) is 26.3 Å². The van der Waals surface area contributed by atoms with E-state index in [9.17, 15) is 0 Å². The number of allylic oxidation sites excluding steroid dienone is 1. The summed E-state index contributed by atoms with van der Waals surface area (Å²) in [5.74, 6) is 0. The summed E-state index contributed by atoms with van der Waals surface area (Å²) < 4.78 is 0. The number of benzene rings is 9. The molecule has 56 heavy (non-hydrogen) atoms. The molecule has 0 saturated heterocycles. The van der Waals surface area contributed by atoms with Gasteiger partial charge in [-0.2, -0.15) is 0 Å². The van der Waals surface area contributed by atoms with Crippen molar-refractivity contribution in [2.45, 2.75) is 27.3 Å². The molecule has 0 unspecified atom stereocenters. The van der Waals surface area contributed by atoms with Crippen molar-refractivity contribution in [3.63, 3.8) is 0 Å². The molecule has 9 rings (SSSR count). The minimum absolute atomic E-state index is 0.717. The van der Waals surface area contributed by atoms with Crippen molar-refractivity contribution in [2.75, 3.05) is 10.6 Å². The number of para-hydroxylation sites is 2. The Hall–Kier alpha value is -6.90. The zero-order valence-corrected chi connectivity index (χ0v) is 32.5. The molecule has 0 heterocycles. The molecule has 0 aliphatic heterocycles. The highest BCUT2D eigenvalue weighted by Gasteiger charge is 2.18. The highest BCUT2D eigenvalue weighted by Crippen LogP contribution is 2.44. The van der Waals surface area contributed by atoms with Crippen LogP contribution in [0.3, 0.4) is 0 Å². The first-order valence-electron chi connectivity index (χ1n) is 19.5. The number of anilines is 3. The lowest BCUT2D eigenvalue weighted by atomic mass is 9.85. The van der Waals surface area contributed by atoms with E-state index in [4.69, 9.17) is 5.73 Å². The van der Waals surface area contributed by atoms with E-state index in [1.807, 2.05) is 32.9 Å². The number of hydrogen-bond donors (Lipinski definition) is 1. The second kappa shape index (κ2) is 17.5. The number of nitrogens with zero attached hydrogens (tertiary/aromatic N) is 1. The van der Waals surface area contributed by atoms with E-state index in [0.717, 1.165) is 17.1 Å². The number of rotatable bonds is 7. The predicted molar refractivity (Wildman–Crippen MR) is 246 cm³/mol. The van der Waals surface area contributed by atoms with Crippen LogP contribution in [0.4, 0.5) is 17.1 Å². The molecule has 0 amide bonds. The summed E-state index contributed by atoms with van der Waals surface area (Å²) >= 11 is 0. The highest BCUT2D eigenvalue weighted by molar-refractivity contribution is 6.21. The average Bonchev–Trinajstić information content (AvgIpc) is 3.26. The molecule has 0 aromatic heterocycles.